The standard InChI is InChI=1S/C24H25N3O6/c1-4-15-33-19-11-7-17(8-12-19)22(28)20-21(16-5-9-18(10-6-16)27(31)32)26(14-13-25(2)3)24(30)23(20)29/h4-12,21,28H,1,13-15H2,2-3H3/b22-20-. The summed E-state index contributed by atoms with van der Waals surface area (Å²) < 4.78 is 5.44. The number of rotatable bonds is 9. The molecule has 1 fully saturated rings. The van der Waals surface area contributed by atoms with Crippen molar-refractivity contribution in [3.8, 4) is 5.75 Å². The number of hydrogen-bond donors (Lipinski definition) is 1. The molecule has 0 bridgehead atoms. The van der Waals surface area contributed by atoms with Crippen molar-refractivity contribution < 1.29 is 24.4 Å². The normalized spacial score (nSPS) is 17.4. The van der Waals surface area contributed by atoms with Crippen LogP contribution in [0.3, 0.4) is 0 Å². The Balaban J connectivity index is 2.07. The molecule has 1 atom stereocenters. The first-order valence-electron chi connectivity index (χ1n) is 10.3. The number of nitro benzene ring substituents is 1. The van der Waals surface area contributed by atoms with Gasteiger partial charge in [0.2, 0.25) is 0 Å². The quantitative estimate of drug-likeness (QED) is 0.156. The van der Waals surface area contributed by atoms with Gasteiger partial charge in [0.25, 0.3) is 17.4 Å². The first kappa shape index (κ1) is 23.7. The van der Waals surface area contributed by atoms with Gasteiger partial charge in [-0.25, -0.2) is 0 Å². The predicted octanol–water partition coefficient (Wildman–Crippen LogP) is 3.14. The van der Waals surface area contributed by atoms with Crippen LogP contribution in [0.2, 0.25) is 0 Å². The molecule has 33 heavy (non-hydrogen) atoms. The summed E-state index contributed by atoms with van der Waals surface area (Å²) in [6, 6.07) is 11.2. The number of likely N-dealkylation sites (N-methyl/N-ethyl adjacent to an activating group) is 1. The number of amides is 1. The van der Waals surface area contributed by atoms with Crippen molar-refractivity contribution in [1.29, 1.82) is 0 Å². The van der Waals surface area contributed by atoms with Crippen molar-refractivity contribution in [2.24, 2.45) is 0 Å². The highest BCUT2D eigenvalue weighted by Crippen LogP contribution is 2.39. The zero-order valence-electron chi connectivity index (χ0n) is 18.4. The number of Topliss-reactive ketones (excluding diaryl/α,β-unsaturated/α-hetero) is 1. The van der Waals surface area contributed by atoms with Crippen LogP contribution >= 0.6 is 0 Å². The molecule has 0 saturated carbocycles. The highest BCUT2D eigenvalue weighted by molar-refractivity contribution is 6.46. The lowest BCUT2D eigenvalue weighted by Crippen LogP contribution is -2.35. The van der Waals surface area contributed by atoms with E-state index in [9.17, 15) is 24.8 Å². The number of nitro groups is 1. The summed E-state index contributed by atoms with van der Waals surface area (Å²) in [6.45, 7) is 4.64. The molecule has 0 aromatic heterocycles. The van der Waals surface area contributed by atoms with Crippen LogP contribution in [-0.4, -0.2) is 65.3 Å². The minimum Gasteiger partial charge on any atom is -0.507 e. The maximum Gasteiger partial charge on any atom is 0.295 e. The van der Waals surface area contributed by atoms with Crippen LogP contribution < -0.4 is 4.74 Å². The minimum absolute atomic E-state index is 0.0626. The van der Waals surface area contributed by atoms with E-state index in [1.807, 2.05) is 19.0 Å². The van der Waals surface area contributed by atoms with Crippen LogP contribution in [0.25, 0.3) is 5.76 Å². The maximum atomic E-state index is 13.0. The molecule has 9 heteroatoms. The summed E-state index contributed by atoms with van der Waals surface area (Å²) in [5.41, 5.74) is 0.663. The molecule has 172 valence electrons. The van der Waals surface area contributed by atoms with Crippen molar-refractivity contribution >= 4 is 23.1 Å². The smallest absolute Gasteiger partial charge is 0.295 e. The van der Waals surface area contributed by atoms with Crippen LogP contribution in [0, 0.1) is 10.1 Å². The van der Waals surface area contributed by atoms with E-state index in [1.54, 1.807) is 30.3 Å². The van der Waals surface area contributed by atoms with Gasteiger partial charge in [-0.05, 0) is 56.1 Å². The molecular formula is C24H25N3O6. The highest BCUT2D eigenvalue weighted by atomic mass is 16.6. The van der Waals surface area contributed by atoms with E-state index in [0.717, 1.165) is 0 Å². The van der Waals surface area contributed by atoms with E-state index >= 15 is 0 Å². The Morgan fingerprint density at radius 2 is 1.82 bits per heavy atom. The lowest BCUT2D eigenvalue weighted by Gasteiger charge is -2.26. The molecule has 0 spiro atoms. The largest absolute Gasteiger partial charge is 0.507 e. The molecule has 1 amide bonds. The highest BCUT2D eigenvalue weighted by Gasteiger charge is 2.46. The van der Waals surface area contributed by atoms with E-state index < -0.39 is 22.7 Å². The average molecular weight is 451 g/mol. The Morgan fingerprint density at radius 3 is 2.36 bits per heavy atom. The molecule has 1 aliphatic rings. The fourth-order valence-electron chi connectivity index (χ4n) is 3.56. The summed E-state index contributed by atoms with van der Waals surface area (Å²) in [6.07, 6.45) is 1.60. The molecule has 2 aromatic carbocycles. The third-order valence-corrected chi connectivity index (χ3v) is 5.24. The molecule has 2 aromatic rings. The van der Waals surface area contributed by atoms with Crippen molar-refractivity contribution in [1.82, 2.24) is 9.80 Å². The molecular weight excluding hydrogens is 426 g/mol. The summed E-state index contributed by atoms with van der Waals surface area (Å²) in [4.78, 5) is 39.6. The number of nitrogens with zero attached hydrogens (tertiary/aromatic N) is 3. The number of aliphatic hydroxyl groups excluding tert-OH is 1. The van der Waals surface area contributed by atoms with Gasteiger partial charge < -0.3 is 19.6 Å². The number of non-ortho nitro benzene ring substituents is 1. The third kappa shape index (κ3) is 5.09. The fraction of sp³-hybridized carbons (Fsp3) is 0.250. The molecule has 1 saturated heterocycles. The first-order valence-corrected chi connectivity index (χ1v) is 10.3. The molecule has 3 rings (SSSR count). The van der Waals surface area contributed by atoms with E-state index in [2.05, 4.69) is 6.58 Å². The summed E-state index contributed by atoms with van der Waals surface area (Å²) in [5, 5.41) is 22.1. The van der Waals surface area contributed by atoms with E-state index in [0.29, 0.717) is 30.0 Å². The summed E-state index contributed by atoms with van der Waals surface area (Å²) in [5.74, 6) is -1.29. The zero-order chi connectivity index (χ0) is 24.1. The minimum atomic E-state index is -0.873. The fourth-order valence-corrected chi connectivity index (χ4v) is 3.56. The van der Waals surface area contributed by atoms with Crippen LogP contribution in [0.4, 0.5) is 5.69 Å². The van der Waals surface area contributed by atoms with Gasteiger partial charge in [0.05, 0.1) is 16.5 Å². The number of aliphatic hydroxyl groups is 1. The van der Waals surface area contributed by atoms with E-state index in [1.165, 1.54) is 29.2 Å². The second-order valence-corrected chi connectivity index (χ2v) is 7.77. The lowest BCUT2D eigenvalue weighted by molar-refractivity contribution is -0.384. The number of benzene rings is 2. The van der Waals surface area contributed by atoms with Crippen molar-refractivity contribution in [2.45, 2.75) is 6.04 Å². The van der Waals surface area contributed by atoms with Crippen molar-refractivity contribution in [3.05, 3.63) is 88.0 Å². The predicted molar refractivity (Wildman–Crippen MR) is 123 cm³/mol. The Hall–Kier alpha value is -3.98. The number of carbonyl (C=O) groups is 2. The second kappa shape index (κ2) is 10.1. The van der Waals surface area contributed by atoms with Gasteiger partial charge in [-0.1, -0.05) is 12.7 Å². The van der Waals surface area contributed by atoms with Gasteiger partial charge in [0.15, 0.2) is 0 Å². The molecule has 9 nitrogen and oxygen atoms in total. The Kier molecular flexibility index (Phi) is 7.24. The first-order chi connectivity index (χ1) is 15.7. The van der Waals surface area contributed by atoms with E-state index in [-0.39, 0.29) is 23.6 Å². The number of hydrogen-bond acceptors (Lipinski definition) is 7. The molecule has 1 heterocycles. The summed E-state index contributed by atoms with van der Waals surface area (Å²) in [7, 11) is 3.68. The number of likely N-dealkylation sites (tertiary alicyclic amines) is 1. The second-order valence-electron chi connectivity index (χ2n) is 7.77. The van der Waals surface area contributed by atoms with Gasteiger partial charge in [-0.15, -0.1) is 0 Å². The van der Waals surface area contributed by atoms with Gasteiger partial charge >= 0.3 is 0 Å². The maximum absolute atomic E-state index is 13.0. The van der Waals surface area contributed by atoms with E-state index in [4.69, 9.17) is 4.74 Å². The van der Waals surface area contributed by atoms with Crippen LogP contribution in [-0.2, 0) is 9.59 Å². The van der Waals surface area contributed by atoms with Gasteiger partial charge in [-0.2, -0.15) is 0 Å². The summed E-state index contributed by atoms with van der Waals surface area (Å²) >= 11 is 0. The van der Waals surface area contributed by atoms with Gasteiger partial charge in [0.1, 0.15) is 18.1 Å². The van der Waals surface area contributed by atoms with Crippen molar-refractivity contribution in [2.75, 3.05) is 33.8 Å². The topological polar surface area (TPSA) is 113 Å². The number of ketones is 1. The number of ether oxygens (including phenoxy) is 1. The average Bonchev–Trinajstić information content (AvgIpc) is 3.06. The van der Waals surface area contributed by atoms with Crippen LogP contribution in [0.5, 0.6) is 5.75 Å². The van der Waals surface area contributed by atoms with Gasteiger partial charge in [0, 0.05) is 30.8 Å². The lowest BCUT2D eigenvalue weighted by atomic mass is 9.95. The van der Waals surface area contributed by atoms with Gasteiger partial charge in [-0.3, -0.25) is 19.7 Å². The Bertz CT molecular complexity index is 1090. The number of carbonyl (C=O) groups excluding carboxylic acids is 2. The van der Waals surface area contributed by atoms with Crippen LogP contribution in [0.15, 0.2) is 66.8 Å². The van der Waals surface area contributed by atoms with Crippen molar-refractivity contribution in [3.63, 3.8) is 0 Å². The molecule has 1 N–H and O–H groups in total. The Morgan fingerprint density at radius 1 is 1.18 bits per heavy atom. The third-order valence-electron chi connectivity index (χ3n) is 5.24. The molecule has 0 radical (unpaired) electrons. The Labute approximate surface area is 191 Å². The molecule has 0 aliphatic carbocycles. The monoisotopic (exact) mass is 451 g/mol. The molecule has 1 aliphatic heterocycles. The van der Waals surface area contributed by atoms with Crippen LogP contribution in [0.1, 0.15) is 17.2 Å². The SMILES string of the molecule is C=CCOc1ccc(/C(O)=C2/C(=O)C(=O)N(CCN(C)C)C2c2ccc([N+](=O)[O-])cc2)cc1. The zero-order valence-corrected chi connectivity index (χ0v) is 18.4. The molecule has 1 unspecified atom stereocenters.